The van der Waals surface area contributed by atoms with Crippen LogP contribution in [0.15, 0.2) is 71.8 Å². The van der Waals surface area contributed by atoms with Crippen molar-refractivity contribution >= 4 is 23.0 Å². The molecule has 6 heteroatoms. The number of amides is 1. The highest BCUT2D eigenvalue weighted by molar-refractivity contribution is 6.07. The second kappa shape index (κ2) is 10.4. The lowest BCUT2D eigenvalue weighted by Gasteiger charge is -2.11. The van der Waals surface area contributed by atoms with Crippen LogP contribution in [0.3, 0.4) is 0 Å². The van der Waals surface area contributed by atoms with Gasteiger partial charge < -0.3 is 9.47 Å². The minimum Gasteiger partial charge on any atom is -0.454 e. The van der Waals surface area contributed by atoms with Crippen LogP contribution in [0, 0.1) is 12.8 Å². The topological polar surface area (TPSA) is 72.8 Å². The molecule has 2 heterocycles. The second-order valence-corrected chi connectivity index (χ2v) is 9.94. The number of carbonyl (C=O) groups is 1. The van der Waals surface area contributed by atoms with Crippen LogP contribution in [0.4, 0.5) is 0 Å². The maximum Gasteiger partial charge on any atom is 0.272 e. The highest BCUT2D eigenvalue weighted by Crippen LogP contribution is 2.33. The summed E-state index contributed by atoms with van der Waals surface area (Å²) in [6.45, 7) is 8.67. The molecule has 0 spiro atoms. The monoisotopic (exact) mass is 493 g/mol. The number of aromatic nitrogens is 1. The molecule has 1 aliphatic rings. The summed E-state index contributed by atoms with van der Waals surface area (Å²) in [6.07, 6.45) is 2.53. The number of carbonyl (C=O) groups excluding carboxylic acids is 1. The van der Waals surface area contributed by atoms with Crippen LogP contribution in [-0.2, 0) is 6.42 Å². The summed E-state index contributed by atoms with van der Waals surface area (Å²) in [7, 11) is 0. The number of benzene rings is 3. The van der Waals surface area contributed by atoms with Gasteiger partial charge in [-0.1, -0.05) is 62.7 Å². The first kappa shape index (κ1) is 24.5. The highest BCUT2D eigenvalue weighted by Gasteiger charge is 2.16. The molecule has 1 aliphatic heterocycles. The third-order valence-electron chi connectivity index (χ3n) is 6.57. The van der Waals surface area contributed by atoms with Crippen molar-refractivity contribution in [3.05, 3.63) is 89.0 Å². The van der Waals surface area contributed by atoms with Gasteiger partial charge in [-0.2, -0.15) is 5.10 Å². The van der Waals surface area contributed by atoms with Crippen molar-refractivity contribution in [2.75, 3.05) is 6.79 Å². The van der Waals surface area contributed by atoms with Gasteiger partial charge >= 0.3 is 0 Å². The van der Waals surface area contributed by atoms with Gasteiger partial charge in [-0.25, -0.2) is 10.4 Å². The van der Waals surface area contributed by atoms with Crippen molar-refractivity contribution in [2.24, 2.45) is 11.0 Å². The van der Waals surface area contributed by atoms with Gasteiger partial charge in [0, 0.05) is 17.2 Å². The standard InChI is InChI=1S/C31H31N3O3/c1-19(2)23-7-9-24(10-8-23)28-16-26(25-14-20(3)5-11-27(25)33-28)31(35)34-32-17-21(4)13-22-6-12-29-30(15-22)37-18-36-29/h5-12,14-17,19,21H,13,18H2,1-4H3,(H,34,35)/b32-17-/t21-/m1/s1. The van der Waals surface area contributed by atoms with Crippen LogP contribution >= 0.6 is 0 Å². The minimum atomic E-state index is -0.260. The van der Waals surface area contributed by atoms with Crippen LogP contribution < -0.4 is 14.9 Å². The van der Waals surface area contributed by atoms with E-state index < -0.39 is 0 Å². The zero-order valence-electron chi connectivity index (χ0n) is 21.6. The quantitative estimate of drug-likeness (QED) is 0.231. The lowest BCUT2D eigenvalue weighted by atomic mass is 9.99. The van der Waals surface area contributed by atoms with Crippen LogP contribution in [0.25, 0.3) is 22.2 Å². The third kappa shape index (κ3) is 5.48. The first-order valence-electron chi connectivity index (χ1n) is 12.6. The van der Waals surface area contributed by atoms with Gasteiger partial charge in [0.15, 0.2) is 11.5 Å². The molecule has 1 amide bonds. The third-order valence-corrected chi connectivity index (χ3v) is 6.57. The number of hydrogen-bond acceptors (Lipinski definition) is 5. The Labute approximate surface area is 217 Å². The second-order valence-electron chi connectivity index (χ2n) is 9.94. The van der Waals surface area contributed by atoms with E-state index in [9.17, 15) is 4.79 Å². The van der Waals surface area contributed by atoms with Crippen molar-refractivity contribution in [3.63, 3.8) is 0 Å². The molecule has 1 atom stereocenters. The fourth-order valence-corrected chi connectivity index (χ4v) is 4.49. The van der Waals surface area contributed by atoms with Crippen LogP contribution in [0.5, 0.6) is 11.5 Å². The Bertz CT molecular complexity index is 1480. The number of hydrazone groups is 1. The average molecular weight is 494 g/mol. The molecular formula is C31H31N3O3. The largest absolute Gasteiger partial charge is 0.454 e. The first-order chi connectivity index (χ1) is 17.9. The number of aryl methyl sites for hydroxylation is 1. The number of rotatable bonds is 7. The summed E-state index contributed by atoms with van der Waals surface area (Å²) >= 11 is 0. The van der Waals surface area contributed by atoms with Gasteiger partial charge in [-0.15, -0.1) is 0 Å². The van der Waals surface area contributed by atoms with Crippen molar-refractivity contribution in [2.45, 2.75) is 40.0 Å². The summed E-state index contributed by atoms with van der Waals surface area (Å²) in [6, 6.07) is 22.1. The van der Waals surface area contributed by atoms with E-state index in [1.807, 2.05) is 49.4 Å². The Morgan fingerprint density at radius 2 is 1.78 bits per heavy atom. The molecule has 3 aromatic carbocycles. The van der Waals surface area contributed by atoms with Crippen molar-refractivity contribution in [1.29, 1.82) is 0 Å². The summed E-state index contributed by atoms with van der Waals surface area (Å²) < 4.78 is 10.8. The fraction of sp³-hybridized carbons (Fsp3) is 0.258. The molecule has 0 saturated carbocycles. The molecule has 0 fully saturated rings. The Morgan fingerprint density at radius 1 is 1.00 bits per heavy atom. The molecule has 6 nitrogen and oxygen atoms in total. The molecule has 1 N–H and O–H groups in total. The number of ether oxygens (including phenoxy) is 2. The van der Waals surface area contributed by atoms with E-state index in [-0.39, 0.29) is 18.6 Å². The van der Waals surface area contributed by atoms with E-state index in [0.717, 1.165) is 51.2 Å². The van der Waals surface area contributed by atoms with Gasteiger partial charge in [-0.05, 0) is 66.6 Å². The van der Waals surface area contributed by atoms with Crippen LogP contribution in [-0.4, -0.2) is 23.9 Å². The summed E-state index contributed by atoms with van der Waals surface area (Å²) in [5.41, 5.74) is 9.25. The molecule has 0 bridgehead atoms. The molecular weight excluding hydrogens is 462 g/mol. The predicted octanol–water partition coefficient (Wildman–Crippen LogP) is 6.66. The first-order valence-corrected chi connectivity index (χ1v) is 12.6. The highest BCUT2D eigenvalue weighted by atomic mass is 16.7. The van der Waals surface area contributed by atoms with Gasteiger partial charge in [0.1, 0.15) is 0 Å². The maximum absolute atomic E-state index is 13.3. The minimum absolute atomic E-state index is 0.118. The zero-order chi connectivity index (χ0) is 25.9. The van der Waals surface area contributed by atoms with Crippen molar-refractivity contribution in [3.8, 4) is 22.8 Å². The summed E-state index contributed by atoms with van der Waals surface area (Å²) in [5.74, 6) is 1.85. The average Bonchev–Trinajstić information content (AvgIpc) is 3.36. The normalized spacial score (nSPS) is 13.4. The molecule has 0 unspecified atom stereocenters. The van der Waals surface area contributed by atoms with Gasteiger partial charge in [0.05, 0.1) is 16.8 Å². The van der Waals surface area contributed by atoms with Crippen LogP contribution in [0.2, 0.25) is 0 Å². The number of nitrogens with one attached hydrogen (secondary N) is 1. The van der Waals surface area contributed by atoms with Gasteiger partial charge in [0.2, 0.25) is 6.79 Å². The number of fused-ring (bicyclic) bond motifs is 2. The molecule has 37 heavy (non-hydrogen) atoms. The molecule has 0 radical (unpaired) electrons. The SMILES string of the molecule is Cc1ccc2nc(-c3ccc(C(C)C)cc3)cc(C(=O)N/N=C\[C@H](C)Cc3ccc4c(c3)OCO4)c2c1. The predicted molar refractivity (Wildman–Crippen MR) is 147 cm³/mol. The molecule has 4 aromatic rings. The molecule has 5 rings (SSSR count). The lowest BCUT2D eigenvalue weighted by Crippen LogP contribution is -2.19. The Balaban J connectivity index is 1.35. The number of pyridine rings is 1. The zero-order valence-corrected chi connectivity index (χ0v) is 21.6. The molecule has 1 aromatic heterocycles. The van der Waals surface area contributed by atoms with Crippen molar-refractivity contribution < 1.29 is 14.3 Å². The lowest BCUT2D eigenvalue weighted by molar-refractivity contribution is 0.0956. The fourth-order valence-electron chi connectivity index (χ4n) is 4.49. The summed E-state index contributed by atoms with van der Waals surface area (Å²) in [4.78, 5) is 18.1. The smallest absolute Gasteiger partial charge is 0.272 e. The Morgan fingerprint density at radius 3 is 2.57 bits per heavy atom. The number of nitrogens with zero attached hydrogens (tertiary/aromatic N) is 2. The van der Waals surface area contributed by atoms with E-state index in [2.05, 4.69) is 55.6 Å². The maximum atomic E-state index is 13.3. The van der Waals surface area contributed by atoms with E-state index in [1.165, 1.54) is 5.56 Å². The van der Waals surface area contributed by atoms with E-state index in [1.54, 1.807) is 6.21 Å². The Hall–Kier alpha value is -4.19. The van der Waals surface area contributed by atoms with Crippen molar-refractivity contribution in [1.82, 2.24) is 10.4 Å². The van der Waals surface area contributed by atoms with E-state index >= 15 is 0 Å². The Kier molecular flexibility index (Phi) is 6.91. The van der Waals surface area contributed by atoms with Gasteiger partial charge in [0.25, 0.3) is 5.91 Å². The van der Waals surface area contributed by atoms with E-state index in [4.69, 9.17) is 14.5 Å². The number of hydrogen-bond donors (Lipinski definition) is 1. The molecule has 0 saturated heterocycles. The molecule has 0 aliphatic carbocycles. The van der Waals surface area contributed by atoms with Crippen LogP contribution in [0.1, 0.15) is 53.7 Å². The van der Waals surface area contributed by atoms with E-state index in [0.29, 0.717) is 11.5 Å². The summed E-state index contributed by atoms with van der Waals surface area (Å²) in [5, 5.41) is 5.09. The molecule has 188 valence electrons. The van der Waals surface area contributed by atoms with Gasteiger partial charge in [-0.3, -0.25) is 4.79 Å².